The van der Waals surface area contributed by atoms with Crippen molar-refractivity contribution in [3.8, 4) is 0 Å². The number of esters is 1. The average Bonchev–Trinajstić information content (AvgIpc) is 2.67. The van der Waals surface area contributed by atoms with Crippen LogP contribution in [0, 0.1) is 0 Å². The summed E-state index contributed by atoms with van der Waals surface area (Å²) in [6, 6.07) is 14.5. The van der Waals surface area contributed by atoms with Gasteiger partial charge in [0, 0.05) is 12.0 Å². The topological polar surface area (TPSA) is 46.5 Å². The van der Waals surface area contributed by atoms with Crippen LogP contribution >= 0.6 is 0 Å². The Kier molecular flexibility index (Phi) is 8.02. The van der Waals surface area contributed by atoms with Gasteiger partial charge in [-0.05, 0) is 41.2 Å². The van der Waals surface area contributed by atoms with Crippen molar-refractivity contribution in [3.05, 3.63) is 82.4 Å². The van der Waals surface area contributed by atoms with Crippen LogP contribution in [0.2, 0.25) is 0 Å². The van der Waals surface area contributed by atoms with E-state index >= 15 is 0 Å². The zero-order valence-electron chi connectivity index (χ0n) is 16.2. The molecule has 0 saturated heterocycles. The van der Waals surface area contributed by atoms with Gasteiger partial charge >= 0.3 is 5.97 Å². The maximum absolute atomic E-state index is 11.5. The fraction of sp³-hybridized carbons (Fsp3) is 0.292. The number of hydrogen-bond donors (Lipinski definition) is 1. The quantitative estimate of drug-likeness (QED) is 0.388. The highest BCUT2D eigenvalue weighted by molar-refractivity contribution is 5.86. The Morgan fingerprint density at radius 2 is 1.70 bits per heavy atom. The summed E-state index contributed by atoms with van der Waals surface area (Å²) in [6.45, 7) is 7.62. The van der Waals surface area contributed by atoms with Gasteiger partial charge in [-0.2, -0.15) is 0 Å². The van der Waals surface area contributed by atoms with E-state index in [2.05, 4.69) is 49.9 Å². The molecule has 0 atom stereocenters. The first-order chi connectivity index (χ1) is 13.0. The Bertz CT molecular complexity index is 801. The van der Waals surface area contributed by atoms with Gasteiger partial charge in [0.15, 0.2) is 0 Å². The van der Waals surface area contributed by atoms with E-state index in [-0.39, 0.29) is 19.2 Å². The van der Waals surface area contributed by atoms with Crippen LogP contribution in [0.1, 0.15) is 48.1 Å². The van der Waals surface area contributed by atoms with Crippen molar-refractivity contribution < 1.29 is 14.6 Å². The van der Waals surface area contributed by atoms with Crippen molar-refractivity contribution in [2.24, 2.45) is 0 Å². The number of hydrogen-bond acceptors (Lipinski definition) is 3. The molecular weight excluding hydrogens is 336 g/mol. The van der Waals surface area contributed by atoms with E-state index in [1.165, 1.54) is 5.56 Å². The number of aryl methyl sites for hydroxylation is 1. The van der Waals surface area contributed by atoms with Gasteiger partial charge in [0.05, 0.1) is 13.2 Å². The molecule has 0 heterocycles. The molecule has 0 radical (unpaired) electrons. The number of benzene rings is 2. The van der Waals surface area contributed by atoms with Gasteiger partial charge in [0.25, 0.3) is 0 Å². The number of carbonyl (C=O) groups excluding carboxylic acids is 1. The first-order valence-corrected chi connectivity index (χ1v) is 9.35. The number of aliphatic hydroxyl groups excluding tert-OH is 1. The van der Waals surface area contributed by atoms with Crippen molar-refractivity contribution >= 4 is 18.1 Å². The van der Waals surface area contributed by atoms with Crippen molar-refractivity contribution in [3.63, 3.8) is 0 Å². The number of rotatable bonds is 9. The first-order valence-electron chi connectivity index (χ1n) is 9.35. The highest BCUT2D eigenvalue weighted by atomic mass is 16.5. The summed E-state index contributed by atoms with van der Waals surface area (Å²) in [4.78, 5) is 11.5. The zero-order valence-corrected chi connectivity index (χ0v) is 16.2. The third-order valence-corrected chi connectivity index (χ3v) is 4.34. The first kappa shape index (κ1) is 20.7. The molecule has 0 aromatic heterocycles. The molecule has 3 heteroatoms. The number of carbonyl (C=O) groups is 1. The highest BCUT2D eigenvalue weighted by Crippen LogP contribution is 2.17. The Labute approximate surface area is 162 Å². The van der Waals surface area contributed by atoms with E-state index in [0.29, 0.717) is 12.0 Å². The second-order valence-corrected chi connectivity index (χ2v) is 6.68. The summed E-state index contributed by atoms with van der Waals surface area (Å²) in [5, 5.41) is 9.54. The lowest BCUT2D eigenvalue weighted by Gasteiger charge is -2.10. The van der Waals surface area contributed by atoms with Crippen LogP contribution in [0.25, 0.3) is 12.2 Å². The van der Waals surface area contributed by atoms with Gasteiger partial charge < -0.3 is 9.84 Å². The summed E-state index contributed by atoms with van der Waals surface area (Å²) in [5.41, 5.74) is 5.77. The van der Waals surface area contributed by atoms with Crippen LogP contribution in [0.3, 0.4) is 0 Å². The van der Waals surface area contributed by atoms with Crippen LogP contribution in [-0.4, -0.2) is 17.7 Å². The second kappa shape index (κ2) is 10.5. The Morgan fingerprint density at radius 3 is 2.33 bits per heavy atom. The van der Waals surface area contributed by atoms with Crippen molar-refractivity contribution in [1.82, 2.24) is 0 Å². The molecular formula is C24H28O3. The second-order valence-electron chi connectivity index (χ2n) is 6.68. The monoisotopic (exact) mass is 364 g/mol. The summed E-state index contributed by atoms with van der Waals surface area (Å²) >= 11 is 0. The summed E-state index contributed by atoms with van der Waals surface area (Å²) in [5.74, 6) is -0.386. The molecule has 0 unspecified atom stereocenters. The SMILES string of the molecule is C=C(C)C(=O)OCCc1cc(/C=C/c2ccc(CCC)cc2)ccc1CO. The lowest BCUT2D eigenvalue weighted by atomic mass is 10.0. The van der Waals surface area contributed by atoms with Gasteiger partial charge in [-0.15, -0.1) is 0 Å². The van der Waals surface area contributed by atoms with Gasteiger partial charge in [0.2, 0.25) is 0 Å². The zero-order chi connectivity index (χ0) is 19.6. The molecule has 2 rings (SSSR count). The summed E-state index contributed by atoms with van der Waals surface area (Å²) in [6.07, 6.45) is 6.94. The minimum absolute atomic E-state index is 0.0351. The molecule has 2 aromatic rings. The predicted molar refractivity (Wildman–Crippen MR) is 111 cm³/mol. The average molecular weight is 364 g/mol. The molecule has 3 nitrogen and oxygen atoms in total. The molecule has 0 amide bonds. The smallest absolute Gasteiger partial charge is 0.333 e. The number of ether oxygens (including phenoxy) is 1. The van der Waals surface area contributed by atoms with Crippen molar-refractivity contribution in [2.75, 3.05) is 6.61 Å². The van der Waals surface area contributed by atoms with E-state index in [1.54, 1.807) is 6.92 Å². The van der Waals surface area contributed by atoms with Crippen LogP contribution < -0.4 is 0 Å². The third-order valence-electron chi connectivity index (χ3n) is 4.34. The lowest BCUT2D eigenvalue weighted by molar-refractivity contribution is -0.138. The van der Waals surface area contributed by atoms with E-state index in [9.17, 15) is 9.90 Å². The Morgan fingerprint density at radius 1 is 1.04 bits per heavy atom. The van der Waals surface area contributed by atoms with Crippen molar-refractivity contribution in [2.45, 2.75) is 39.7 Å². The van der Waals surface area contributed by atoms with Crippen LogP contribution in [-0.2, 0) is 29.0 Å². The van der Waals surface area contributed by atoms with E-state index in [1.807, 2.05) is 18.2 Å². The van der Waals surface area contributed by atoms with Crippen LogP contribution in [0.4, 0.5) is 0 Å². The molecule has 0 bridgehead atoms. The van der Waals surface area contributed by atoms with Crippen molar-refractivity contribution in [1.29, 1.82) is 0 Å². The number of aliphatic hydroxyl groups is 1. The van der Waals surface area contributed by atoms with Crippen LogP contribution in [0.5, 0.6) is 0 Å². The molecule has 0 spiro atoms. The van der Waals surface area contributed by atoms with E-state index < -0.39 is 0 Å². The maximum atomic E-state index is 11.5. The molecule has 0 aliphatic carbocycles. The molecule has 27 heavy (non-hydrogen) atoms. The minimum atomic E-state index is -0.386. The molecule has 2 aromatic carbocycles. The van der Waals surface area contributed by atoms with Gasteiger partial charge in [0.1, 0.15) is 0 Å². The lowest BCUT2D eigenvalue weighted by Crippen LogP contribution is -2.09. The molecule has 142 valence electrons. The largest absolute Gasteiger partial charge is 0.462 e. The molecule has 1 N–H and O–H groups in total. The molecule has 0 aliphatic heterocycles. The normalized spacial score (nSPS) is 10.9. The Balaban J connectivity index is 2.06. The van der Waals surface area contributed by atoms with Gasteiger partial charge in [-0.3, -0.25) is 0 Å². The third kappa shape index (κ3) is 6.54. The molecule has 0 fully saturated rings. The summed E-state index contributed by atoms with van der Waals surface area (Å²) < 4.78 is 5.17. The van der Waals surface area contributed by atoms with E-state index in [4.69, 9.17) is 4.74 Å². The standard InChI is InChI=1S/C24H28O3/c1-4-5-19-6-8-20(9-7-19)10-11-21-12-13-23(17-25)22(16-21)14-15-27-24(26)18(2)3/h6-13,16,25H,2,4-5,14-15,17H2,1,3H3/b11-10+. The summed E-state index contributed by atoms with van der Waals surface area (Å²) in [7, 11) is 0. The minimum Gasteiger partial charge on any atom is -0.462 e. The Hall–Kier alpha value is -2.65. The fourth-order valence-electron chi connectivity index (χ4n) is 2.79. The molecule has 0 aliphatic rings. The van der Waals surface area contributed by atoms with Gasteiger partial charge in [-0.25, -0.2) is 4.79 Å². The van der Waals surface area contributed by atoms with Crippen LogP contribution in [0.15, 0.2) is 54.6 Å². The fourth-order valence-corrected chi connectivity index (χ4v) is 2.79. The highest BCUT2D eigenvalue weighted by Gasteiger charge is 2.06. The van der Waals surface area contributed by atoms with Gasteiger partial charge in [-0.1, -0.05) is 74.5 Å². The van der Waals surface area contributed by atoms with E-state index in [0.717, 1.165) is 35.1 Å². The molecule has 0 saturated carbocycles. The maximum Gasteiger partial charge on any atom is 0.333 e. The predicted octanol–water partition coefficient (Wildman–Crippen LogP) is 4.96.